The van der Waals surface area contributed by atoms with Crippen molar-refractivity contribution in [2.24, 2.45) is 7.05 Å². The lowest BCUT2D eigenvalue weighted by Crippen LogP contribution is -2.06. The van der Waals surface area contributed by atoms with Crippen molar-refractivity contribution in [3.8, 4) is 0 Å². The molecule has 0 aliphatic carbocycles. The number of aromatic nitrogens is 4. The lowest BCUT2D eigenvalue weighted by atomic mass is 10.1. The van der Waals surface area contributed by atoms with Crippen LogP contribution in [0.2, 0.25) is 5.02 Å². The smallest absolute Gasteiger partial charge is 0.0972 e. The van der Waals surface area contributed by atoms with Crippen LogP contribution < -0.4 is 0 Å². The van der Waals surface area contributed by atoms with E-state index >= 15 is 0 Å². The fourth-order valence-corrected chi connectivity index (χ4v) is 2.59. The number of nitrogens with zero attached hydrogens (tertiary/aromatic N) is 4. The summed E-state index contributed by atoms with van der Waals surface area (Å²) in [5, 5.41) is 18.8. The van der Waals surface area contributed by atoms with Crippen LogP contribution >= 0.6 is 23.1 Å². The second-order valence-corrected chi connectivity index (χ2v) is 5.08. The molecule has 0 spiro atoms. The zero-order valence-corrected chi connectivity index (χ0v) is 11.4. The number of hydrogen-bond donors (Lipinski definition) is 1. The Bertz CT molecular complexity index is 536. The Hall–Kier alpha value is -0.980. The Balaban J connectivity index is 2.24. The van der Waals surface area contributed by atoms with Crippen molar-refractivity contribution in [1.29, 1.82) is 0 Å². The molecule has 2 aromatic heterocycles. The van der Waals surface area contributed by atoms with E-state index in [4.69, 9.17) is 11.6 Å². The van der Waals surface area contributed by atoms with Gasteiger partial charge in [0.25, 0.3) is 0 Å². The van der Waals surface area contributed by atoms with Gasteiger partial charge in [-0.3, -0.25) is 4.68 Å². The third-order valence-electron chi connectivity index (χ3n) is 2.64. The Kier molecular flexibility index (Phi) is 3.46. The SMILES string of the molecule is Cc1nnsc1C(O)Cc1c(Cl)c(C)nn1C. The molecule has 0 fully saturated rings. The van der Waals surface area contributed by atoms with Gasteiger partial charge in [0.05, 0.1) is 33.1 Å². The Morgan fingerprint density at radius 1 is 1.41 bits per heavy atom. The molecule has 2 heterocycles. The largest absolute Gasteiger partial charge is 0.387 e. The van der Waals surface area contributed by atoms with Crippen LogP contribution in [0.4, 0.5) is 0 Å². The molecule has 0 aliphatic heterocycles. The van der Waals surface area contributed by atoms with E-state index in [1.54, 1.807) is 4.68 Å². The topological polar surface area (TPSA) is 63.8 Å². The molecule has 0 bridgehead atoms. The number of halogens is 1. The molecule has 2 rings (SSSR count). The summed E-state index contributed by atoms with van der Waals surface area (Å²) < 4.78 is 5.51. The number of rotatable bonds is 3. The van der Waals surface area contributed by atoms with Gasteiger partial charge >= 0.3 is 0 Å². The lowest BCUT2D eigenvalue weighted by molar-refractivity contribution is 0.178. The molecule has 92 valence electrons. The van der Waals surface area contributed by atoms with Gasteiger partial charge < -0.3 is 5.11 Å². The normalized spacial score (nSPS) is 13.0. The van der Waals surface area contributed by atoms with Crippen molar-refractivity contribution >= 4 is 23.1 Å². The number of aliphatic hydroxyl groups excluding tert-OH is 1. The van der Waals surface area contributed by atoms with E-state index in [1.807, 2.05) is 20.9 Å². The molecule has 5 nitrogen and oxygen atoms in total. The summed E-state index contributed by atoms with van der Waals surface area (Å²) in [7, 11) is 1.82. The van der Waals surface area contributed by atoms with Gasteiger partial charge in [-0.05, 0) is 25.4 Å². The molecule has 1 unspecified atom stereocenters. The maximum atomic E-state index is 10.1. The highest BCUT2D eigenvalue weighted by molar-refractivity contribution is 7.05. The zero-order valence-electron chi connectivity index (χ0n) is 9.81. The average molecular weight is 273 g/mol. The van der Waals surface area contributed by atoms with Crippen molar-refractivity contribution in [3.63, 3.8) is 0 Å². The molecule has 0 amide bonds. The zero-order chi connectivity index (χ0) is 12.6. The quantitative estimate of drug-likeness (QED) is 0.926. The van der Waals surface area contributed by atoms with E-state index in [0.717, 1.165) is 22.0 Å². The van der Waals surface area contributed by atoms with Crippen LogP contribution in [0.5, 0.6) is 0 Å². The van der Waals surface area contributed by atoms with Gasteiger partial charge in [0, 0.05) is 13.5 Å². The first kappa shape index (κ1) is 12.5. The Labute approximate surface area is 108 Å². The highest BCUT2D eigenvalue weighted by Crippen LogP contribution is 2.27. The lowest BCUT2D eigenvalue weighted by Gasteiger charge is -2.09. The van der Waals surface area contributed by atoms with E-state index in [1.165, 1.54) is 11.5 Å². The third-order valence-corrected chi connectivity index (χ3v) is 4.06. The fourth-order valence-electron chi connectivity index (χ4n) is 1.72. The second-order valence-electron chi connectivity index (χ2n) is 3.91. The molecule has 0 aromatic carbocycles. The number of hydrogen-bond acceptors (Lipinski definition) is 5. The molecule has 0 saturated carbocycles. The summed E-state index contributed by atoms with van der Waals surface area (Å²) in [6.07, 6.45) is -0.219. The molecular weight excluding hydrogens is 260 g/mol. The van der Waals surface area contributed by atoms with Gasteiger partial charge in [0.2, 0.25) is 0 Å². The molecule has 7 heteroatoms. The Morgan fingerprint density at radius 3 is 2.59 bits per heavy atom. The maximum Gasteiger partial charge on any atom is 0.0972 e. The van der Waals surface area contributed by atoms with Crippen molar-refractivity contribution in [2.45, 2.75) is 26.4 Å². The minimum atomic E-state index is -0.637. The summed E-state index contributed by atoms with van der Waals surface area (Å²) in [5.74, 6) is 0. The minimum absolute atomic E-state index is 0.418. The van der Waals surface area contributed by atoms with Crippen LogP contribution in [0.25, 0.3) is 0 Å². The second kappa shape index (κ2) is 4.72. The first-order valence-electron chi connectivity index (χ1n) is 5.15. The number of aryl methyl sites for hydroxylation is 3. The average Bonchev–Trinajstić information content (AvgIpc) is 2.78. The summed E-state index contributed by atoms with van der Waals surface area (Å²) in [6.45, 7) is 3.68. The molecular formula is C10H13ClN4OS. The molecule has 1 atom stereocenters. The van der Waals surface area contributed by atoms with Gasteiger partial charge in [-0.25, -0.2) is 0 Å². The van der Waals surface area contributed by atoms with Crippen LogP contribution in [0.1, 0.15) is 28.1 Å². The Morgan fingerprint density at radius 2 is 2.12 bits per heavy atom. The molecule has 0 saturated heterocycles. The highest BCUT2D eigenvalue weighted by Gasteiger charge is 2.19. The predicted octanol–water partition coefficient (Wildman–Crippen LogP) is 1.82. The standard InChI is InChI=1S/C10H13ClN4OS/c1-5-9(11)7(15(3)13-5)4-8(16)10-6(2)12-14-17-10/h8,16H,4H2,1-3H3. The molecule has 0 radical (unpaired) electrons. The van der Waals surface area contributed by atoms with Gasteiger partial charge in [0.1, 0.15) is 0 Å². The number of aliphatic hydroxyl groups is 1. The molecule has 2 aromatic rings. The predicted molar refractivity (Wildman–Crippen MR) is 66.3 cm³/mol. The summed E-state index contributed by atoms with van der Waals surface area (Å²) in [6, 6.07) is 0. The minimum Gasteiger partial charge on any atom is -0.387 e. The third kappa shape index (κ3) is 2.34. The van der Waals surface area contributed by atoms with Gasteiger partial charge in [-0.15, -0.1) is 5.10 Å². The van der Waals surface area contributed by atoms with Crippen LogP contribution in [0.15, 0.2) is 0 Å². The van der Waals surface area contributed by atoms with Crippen LogP contribution in [0.3, 0.4) is 0 Å². The fraction of sp³-hybridized carbons (Fsp3) is 0.500. The molecule has 17 heavy (non-hydrogen) atoms. The first-order valence-corrected chi connectivity index (χ1v) is 6.30. The molecule has 0 aliphatic rings. The van der Waals surface area contributed by atoms with Gasteiger partial charge in [-0.2, -0.15) is 5.10 Å². The van der Waals surface area contributed by atoms with Gasteiger partial charge in [-0.1, -0.05) is 16.1 Å². The van der Waals surface area contributed by atoms with E-state index in [-0.39, 0.29) is 0 Å². The van der Waals surface area contributed by atoms with Gasteiger partial charge in [0.15, 0.2) is 0 Å². The maximum absolute atomic E-state index is 10.1. The van der Waals surface area contributed by atoms with Crippen molar-refractivity contribution in [2.75, 3.05) is 0 Å². The van der Waals surface area contributed by atoms with E-state index < -0.39 is 6.10 Å². The van der Waals surface area contributed by atoms with Crippen molar-refractivity contribution < 1.29 is 5.11 Å². The van der Waals surface area contributed by atoms with Crippen LogP contribution in [-0.4, -0.2) is 24.5 Å². The van der Waals surface area contributed by atoms with Crippen LogP contribution in [0, 0.1) is 13.8 Å². The van der Waals surface area contributed by atoms with Crippen molar-refractivity contribution in [3.05, 3.63) is 27.0 Å². The first-order chi connectivity index (χ1) is 8.00. The van der Waals surface area contributed by atoms with E-state index in [0.29, 0.717) is 11.4 Å². The summed E-state index contributed by atoms with van der Waals surface area (Å²) in [4.78, 5) is 0.778. The van der Waals surface area contributed by atoms with E-state index in [2.05, 4.69) is 14.7 Å². The van der Waals surface area contributed by atoms with Crippen LogP contribution in [-0.2, 0) is 13.5 Å². The molecule has 1 N–H and O–H groups in total. The summed E-state index contributed by atoms with van der Waals surface area (Å²) in [5.41, 5.74) is 2.36. The van der Waals surface area contributed by atoms with E-state index in [9.17, 15) is 5.11 Å². The van der Waals surface area contributed by atoms with Crippen molar-refractivity contribution in [1.82, 2.24) is 19.4 Å². The monoisotopic (exact) mass is 272 g/mol. The summed E-state index contributed by atoms with van der Waals surface area (Å²) >= 11 is 7.35. The highest BCUT2D eigenvalue weighted by atomic mass is 35.5.